The first kappa shape index (κ1) is 12.3. The van der Waals surface area contributed by atoms with Crippen LogP contribution >= 0.6 is 31.9 Å². The highest BCUT2D eigenvalue weighted by molar-refractivity contribution is 9.10. The number of rotatable bonds is 4. The lowest BCUT2D eigenvalue weighted by molar-refractivity contribution is 0.538. The Morgan fingerprint density at radius 3 is 2.64 bits per heavy atom. The lowest BCUT2D eigenvalue weighted by atomic mass is 9.99. The third kappa shape index (κ3) is 3.74. The van der Waals surface area contributed by atoms with Gasteiger partial charge in [-0.2, -0.15) is 0 Å². The average molecular weight is 320 g/mol. The molecule has 0 bridgehead atoms. The van der Waals surface area contributed by atoms with Gasteiger partial charge < -0.3 is 0 Å². The molecular weight excluding hydrogens is 304 g/mol. The minimum Gasteiger partial charge on any atom is -0.0884 e. The number of benzene rings is 1. The van der Waals surface area contributed by atoms with Crippen molar-refractivity contribution in [2.24, 2.45) is 5.92 Å². The fourth-order valence-electron chi connectivity index (χ4n) is 1.35. The molecule has 0 spiro atoms. The first-order chi connectivity index (χ1) is 6.63. The van der Waals surface area contributed by atoms with Crippen LogP contribution in [0.1, 0.15) is 25.8 Å². The summed E-state index contributed by atoms with van der Waals surface area (Å²) in [6.45, 7) is 4.53. The molecular formula is C12H16Br2. The minimum absolute atomic E-state index is 0.585. The van der Waals surface area contributed by atoms with Gasteiger partial charge in [0.2, 0.25) is 0 Å². The van der Waals surface area contributed by atoms with Gasteiger partial charge in [0.15, 0.2) is 0 Å². The van der Waals surface area contributed by atoms with E-state index < -0.39 is 0 Å². The van der Waals surface area contributed by atoms with Crippen LogP contribution in [0.2, 0.25) is 0 Å². The summed E-state index contributed by atoms with van der Waals surface area (Å²) in [5.74, 6) is 0.731. The molecule has 2 atom stereocenters. The van der Waals surface area contributed by atoms with Gasteiger partial charge in [-0.3, -0.25) is 0 Å². The number of hydrogen-bond acceptors (Lipinski definition) is 0. The van der Waals surface area contributed by atoms with Gasteiger partial charge in [-0.05, 0) is 30.0 Å². The quantitative estimate of drug-likeness (QED) is 0.699. The fourth-order valence-corrected chi connectivity index (χ4v) is 2.54. The molecule has 0 aliphatic carbocycles. The molecule has 0 saturated carbocycles. The second-order valence-electron chi connectivity index (χ2n) is 3.74. The Bertz CT molecular complexity index is 283. The van der Waals surface area contributed by atoms with Crippen molar-refractivity contribution in [2.45, 2.75) is 31.5 Å². The van der Waals surface area contributed by atoms with Crippen molar-refractivity contribution in [1.82, 2.24) is 0 Å². The predicted molar refractivity (Wildman–Crippen MR) is 70.0 cm³/mol. The zero-order valence-corrected chi connectivity index (χ0v) is 11.8. The van der Waals surface area contributed by atoms with Gasteiger partial charge >= 0.3 is 0 Å². The third-order valence-corrected chi connectivity index (χ3v) is 4.30. The molecule has 0 aromatic heterocycles. The van der Waals surface area contributed by atoms with Crippen LogP contribution in [0.4, 0.5) is 0 Å². The van der Waals surface area contributed by atoms with Gasteiger partial charge in [0.05, 0.1) is 0 Å². The van der Waals surface area contributed by atoms with E-state index in [4.69, 9.17) is 0 Å². The summed E-state index contributed by atoms with van der Waals surface area (Å²) >= 11 is 7.24. The Hall–Kier alpha value is 0.180. The normalized spacial score (nSPS) is 15.1. The average Bonchev–Trinajstić information content (AvgIpc) is 2.16. The van der Waals surface area contributed by atoms with E-state index in [2.05, 4.69) is 70.0 Å². The first-order valence-corrected chi connectivity index (χ1v) is 6.73. The molecule has 1 aromatic rings. The highest BCUT2D eigenvalue weighted by atomic mass is 79.9. The van der Waals surface area contributed by atoms with Gasteiger partial charge in [0.1, 0.15) is 0 Å². The predicted octanol–water partition coefficient (Wildman–Crippen LogP) is 4.80. The van der Waals surface area contributed by atoms with E-state index >= 15 is 0 Å². The Labute approximate surface area is 103 Å². The largest absolute Gasteiger partial charge is 0.0884 e. The topological polar surface area (TPSA) is 0 Å². The van der Waals surface area contributed by atoms with Crippen molar-refractivity contribution in [3.63, 3.8) is 0 Å². The molecule has 0 aliphatic rings. The maximum atomic E-state index is 3.75. The summed E-state index contributed by atoms with van der Waals surface area (Å²) < 4.78 is 1.17. The Morgan fingerprint density at radius 1 is 1.36 bits per heavy atom. The second-order valence-corrected chi connectivity index (χ2v) is 5.83. The summed E-state index contributed by atoms with van der Waals surface area (Å²) in [5, 5.41) is 0. The molecule has 0 fully saturated rings. The van der Waals surface area contributed by atoms with E-state index in [0.29, 0.717) is 4.83 Å². The molecule has 0 saturated heterocycles. The summed E-state index contributed by atoms with van der Waals surface area (Å²) in [5.41, 5.74) is 1.39. The summed E-state index contributed by atoms with van der Waals surface area (Å²) in [6.07, 6.45) is 2.33. The van der Waals surface area contributed by atoms with Gasteiger partial charge in [-0.1, -0.05) is 64.3 Å². The second kappa shape index (κ2) is 5.92. The molecule has 0 aliphatic heterocycles. The van der Waals surface area contributed by atoms with Crippen LogP contribution in [-0.2, 0) is 6.42 Å². The van der Waals surface area contributed by atoms with Crippen molar-refractivity contribution in [1.29, 1.82) is 0 Å². The van der Waals surface area contributed by atoms with Crippen LogP contribution in [0.25, 0.3) is 0 Å². The van der Waals surface area contributed by atoms with E-state index in [1.165, 1.54) is 16.5 Å². The summed E-state index contributed by atoms with van der Waals surface area (Å²) in [7, 11) is 0. The maximum absolute atomic E-state index is 3.75. The Balaban J connectivity index is 2.60. The van der Waals surface area contributed by atoms with E-state index in [9.17, 15) is 0 Å². The van der Waals surface area contributed by atoms with E-state index in [0.717, 1.165) is 12.3 Å². The van der Waals surface area contributed by atoms with Crippen molar-refractivity contribution in [2.75, 3.05) is 0 Å². The molecule has 2 heteroatoms. The van der Waals surface area contributed by atoms with Gasteiger partial charge in [0, 0.05) is 9.30 Å². The first-order valence-electron chi connectivity index (χ1n) is 5.02. The summed E-state index contributed by atoms with van der Waals surface area (Å²) in [4.78, 5) is 0.585. The van der Waals surface area contributed by atoms with Gasteiger partial charge in [-0.15, -0.1) is 0 Å². The lowest BCUT2D eigenvalue weighted by Gasteiger charge is -2.16. The molecule has 0 radical (unpaired) electrons. The Kier molecular flexibility index (Phi) is 5.18. The molecule has 1 aromatic carbocycles. The summed E-state index contributed by atoms with van der Waals surface area (Å²) in [6, 6.07) is 8.53. The monoisotopic (exact) mass is 318 g/mol. The highest BCUT2D eigenvalue weighted by Gasteiger charge is 2.12. The van der Waals surface area contributed by atoms with Crippen molar-refractivity contribution < 1.29 is 0 Å². The molecule has 0 heterocycles. The molecule has 0 amide bonds. The molecule has 1 rings (SSSR count). The molecule has 14 heavy (non-hydrogen) atoms. The molecule has 2 unspecified atom stereocenters. The van der Waals surface area contributed by atoms with Crippen LogP contribution in [0, 0.1) is 5.92 Å². The van der Waals surface area contributed by atoms with Crippen LogP contribution in [0.5, 0.6) is 0 Å². The minimum atomic E-state index is 0.585. The third-order valence-electron chi connectivity index (χ3n) is 2.58. The fraction of sp³-hybridized carbons (Fsp3) is 0.500. The van der Waals surface area contributed by atoms with Crippen LogP contribution in [-0.4, -0.2) is 4.83 Å². The van der Waals surface area contributed by atoms with Gasteiger partial charge in [-0.25, -0.2) is 0 Å². The smallest absolute Gasteiger partial charge is 0.0211 e. The SMILES string of the molecule is CCC(C)C(Br)Cc1cccc(Br)c1. The van der Waals surface area contributed by atoms with Crippen molar-refractivity contribution in [3.8, 4) is 0 Å². The number of halogens is 2. The van der Waals surface area contributed by atoms with Gasteiger partial charge in [0.25, 0.3) is 0 Å². The zero-order valence-electron chi connectivity index (χ0n) is 8.63. The number of alkyl halides is 1. The van der Waals surface area contributed by atoms with Crippen molar-refractivity contribution >= 4 is 31.9 Å². The molecule has 0 N–H and O–H groups in total. The van der Waals surface area contributed by atoms with Crippen LogP contribution in [0.15, 0.2) is 28.7 Å². The lowest BCUT2D eigenvalue weighted by Crippen LogP contribution is -2.12. The van der Waals surface area contributed by atoms with E-state index in [1.807, 2.05) is 0 Å². The highest BCUT2D eigenvalue weighted by Crippen LogP contribution is 2.22. The Morgan fingerprint density at radius 2 is 2.07 bits per heavy atom. The van der Waals surface area contributed by atoms with E-state index in [1.54, 1.807) is 0 Å². The van der Waals surface area contributed by atoms with Crippen molar-refractivity contribution in [3.05, 3.63) is 34.3 Å². The number of hydrogen-bond donors (Lipinski definition) is 0. The molecule has 78 valence electrons. The molecule has 0 nitrogen and oxygen atoms in total. The van der Waals surface area contributed by atoms with Crippen LogP contribution in [0.3, 0.4) is 0 Å². The maximum Gasteiger partial charge on any atom is 0.0211 e. The van der Waals surface area contributed by atoms with E-state index in [-0.39, 0.29) is 0 Å². The standard InChI is InChI=1S/C12H16Br2/c1-3-9(2)12(14)8-10-5-4-6-11(13)7-10/h4-7,9,12H,3,8H2,1-2H3. The van der Waals surface area contributed by atoms with Crippen LogP contribution < -0.4 is 0 Å². The zero-order chi connectivity index (χ0) is 10.6.